The third-order valence-electron chi connectivity index (χ3n) is 2.17. The van der Waals surface area contributed by atoms with Gasteiger partial charge in [0.1, 0.15) is 6.20 Å². The Kier molecular flexibility index (Phi) is 6.79. The average Bonchev–Trinajstić information content (AvgIpc) is 2.81. The van der Waals surface area contributed by atoms with Crippen LogP contribution in [0.5, 0.6) is 5.88 Å². The molecule has 9 nitrogen and oxygen atoms in total. The van der Waals surface area contributed by atoms with Gasteiger partial charge in [0, 0.05) is 0 Å². The molecule has 0 saturated heterocycles. The second-order valence-electron chi connectivity index (χ2n) is 3.49. The number of ether oxygens (including phenoxy) is 3. The maximum absolute atomic E-state index is 10.7. The van der Waals surface area contributed by atoms with Crippen molar-refractivity contribution in [3.8, 4) is 5.88 Å². The predicted octanol–water partition coefficient (Wildman–Crippen LogP) is -0.175. The Morgan fingerprint density at radius 1 is 1.37 bits per heavy atom. The maximum atomic E-state index is 10.7. The van der Waals surface area contributed by atoms with Gasteiger partial charge in [-0.2, -0.15) is 0 Å². The van der Waals surface area contributed by atoms with E-state index < -0.39 is 4.92 Å². The molecule has 0 bridgehead atoms. The standard InChI is InChI=1S/C10H17N3O6/c1-17-10-9(13(15)16)8-12(11-10)2-4-18-6-7-19-5-3-14/h8,14H,2-7H2,1H3. The van der Waals surface area contributed by atoms with E-state index >= 15 is 0 Å². The van der Waals surface area contributed by atoms with Crippen molar-refractivity contribution in [2.24, 2.45) is 0 Å². The van der Waals surface area contributed by atoms with Gasteiger partial charge in [-0.15, -0.1) is 5.10 Å². The number of aliphatic hydroxyl groups excluding tert-OH is 1. The molecule has 0 atom stereocenters. The highest BCUT2D eigenvalue weighted by molar-refractivity contribution is 5.38. The van der Waals surface area contributed by atoms with Crippen molar-refractivity contribution in [2.75, 3.05) is 40.1 Å². The van der Waals surface area contributed by atoms with E-state index in [2.05, 4.69) is 5.10 Å². The largest absolute Gasteiger partial charge is 0.475 e. The zero-order valence-corrected chi connectivity index (χ0v) is 10.7. The molecule has 1 rings (SSSR count). The van der Waals surface area contributed by atoms with Gasteiger partial charge in [-0.1, -0.05) is 0 Å². The first-order chi connectivity index (χ1) is 9.19. The van der Waals surface area contributed by atoms with E-state index in [0.29, 0.717) is 26.4 Å². The van der Waals surface area contributed by atoms with E-state index in [-0.39, 0.29) is 24.8 Å². The summed E-state index contributed by atoms with van der Waals surface area (Å²) in [6.45, 7) is 1.78. The second kappa shape index (κ2) is 8.40. The third-order valence-corrected chi connectivity index (χ3v) is 2.17. The summed E-state index contributed by atoms with van der Waals surface area (Å²) in [7, 11) is 1.33. The first kappa shape index (κ1) is 15.3. The molecule has 0 radical (unpaired) electrons. The third kappa shape index (κ3) is 5.20. The van der Waals surface area contributed by atoms with Crippen molar-refractivity contribution in [1.29, 1.82) is 0 Å². The van der Waals surface area contributed by atoms with Crippen LogP contribution in [-0.4, -0.2) is 60.0 Å². The van der Waals surface area contributed by atoms with E-state index in [0.717, 1.165) is 0 Å². The van der Waals surface area contributed by atoms with Crippen LogP contribution in [0.4, 0.5) is 5.69 Å². The summed E-state index contributed by atoms with van der Waals surface area (Å²) in [6.07, 6.45) is 1.30. The molecule has 0 aliphatic heterocycles. The maximum Gasteiger partial charge on any atom is 0.350 e. The lowest BCUT2D eigenvalue weighted by molar-refractivity contribution is -0.385. The zero-order chi connectivity index (χ0) is 14.1. The molecule has 0 aliphatic carbocycles. The minimum atomic E-state index is -0.550. The van der Waals surface area contributed by atoms with Crippen LogP contribution in [0.25, 0.3) is 0 Å². The summed E-state index contributed by atoms with van der Waals surface area (Å²) in [4.78, 5) is 10.1. The zero-order valence-electron chi connectivity index (χ0n) is 10.7. The van der Waals surface area contributed by atoms with Crippen LogP contribution in [0.1, 0.15) is 0 Å². The number of aliphatic hydroxyl groups is 1. The quantitative estimate of drug-likeness (QED) is 0.358. The number of rotatable bonds is 10. The molecular weight excluding hydrogens is 258 g/mol. The number of nitro groups is 1. The molecule has 0 aromatic carbocycles. The molecule has 1 N–H and O–H groups in total. The Morgan fingerprint density at radius 2 is 2.05 bits per heavy atom. The van der Waals surface area contributed by atoms with E-state index in [9.17, 15) is 10.1 Å². The first-order valence-electron chi connectivity index (χ1n) is 5.71. The number of hydrogen-bond acceptors (Lipinski definition) is 7. The fourth-order valence-corrected chi connectivity index (χ4v) is 1.32. The van der Waals surface area contributed by atoms with Crippen LogP contribution < -0.4 is 4.74 Å². The van der Waals surface area contributed by atoms with Crippen molar-refractivity contribution in [1.82, 2.24) is 9.78 Å². The monoisotopic (exact) mass is 275 g/mol. The topological polar surface area (TPSA) is 109 Å². The number of nitrogens with zero attached hydrogens (tertiary/aromatic N) is 3. The lowest BCUT2D eigenvalue weighted by Crippen LogP contribution is -2.11. The van der Waals surface area contributed by atoms with Gasteiger partial charge >= 0.3 is 11.6 Å². The Labute approximate surface area is 109 Å². The fraction of sp³-hybridized carbons (Fsp3) is 0.700. The van der Waals surface area contributed by atoms with E-state index in [1.54, 1.807) is 0 Å². The van der Waals surface area contributed by atoms with Crippen LogP contribution >= 0.6 is 0 Å². The van der Waals surface area contributed by atoms with Gasteiger partial charge in [0.25, 0.3) is 0 Å². The van der Waals surface area contributed by atoms with Gasteiger partial charge in [-0.25, -0.2) is 0 Å². The molecule has 0 aliphatic rings. The fourth-order valence-electron chi connectivity index (χ4n) is 1.32. The summed E-state index contributed by atoms with van der Waals surface area (Å²) in [5, 5.41) is 23.1. The van der Waals surface area contributed by atoms with Gasteiger partial charge in [0.15, 0.2) is 0 Å². The molecule has 0 amide bonds. The van der Waals surface area contributed by atoms with Gasteiger partial charge in [-0.05, 0) is 0 Å². The smallest absolute Gasteiger partial charge is 0.350 e. The molecule has 1 aromatic heterocycles. The molecule has 19 heavy (non-hydrogen) atoms. The SMILES string of the molecule is COc1nn(CCOCCOCCO)cc1[N+](=O)[O-]. The molecule has 0 spiro atoms. The van der Waals surface area contributed by atoms with E-state index in [4.69, 9.17) is 19.3 Å². The molecule has 0 saturated carbocycles. The van der Waals surface area contributed by atoms with Crippen LogP contribution in [0.2, 0.25) is 0 Å². The van der Waals surface area contributed by atoms with Gasteiger partial charge in [0.2, 0.25) is 0 Å². The number of hydrogen-bond donors (Lipinski definition) is 1. The Balaban J connectivity index is 2.28. The minimum Gasteiger partial charge on any atom is -0.475 e. The molecule has 1 heterocycles. The van der Waals surface area contributed by atoms with E-state index in [1.165, 1.54) is 18.0 Å². The van der Waals surface area contributed by atoms with Crippen molar-refractivity contribution >= 4 is 5.69 Å². The summed E-state index contributed by atoms with van der Waals surface area (Å²) in [6, 6.07) is 0. The molecule has 1 aromatic rings. The van der Waals surface area contributed by atoms with Crippen molar-refractivity contribution < 1.29 is 24.2 Å². The lowest BCUT2D eigenvalue weighted by atomic mass is 10.5. The summed E-state index contributed by atoms with van der Waals surface area (Å²) in [5.74, 6) is -0.0173. The lowest BCUT2D eigenvalue weighted by Gasteiger charge is -2.04. The summed E-state index contributed by atoms with van der Waals surface area (Å²) < 4.78 is 16.4. The summed E-state index contributed by atoms with van der Waals surface area (Å²) in [5.41, 5.74) is -0.172. The van der Waals surface area contributed by atoms with Crippen molar-refractivity contribution in [3.63, 3.8) is 0 Å². The highest BCUT2D eigenvalue weighted by Crippen LogP contribution is 2.23. The van der Waals surface area contributed by atoms with Gasteiger partial charge in [-0.3, -0.25) is 14.8 Å². The molecule has 108 valence electrons. The van der Waals surface area contributed by atoms with Crippen LogP contribution in [0.3, 0.4) is 0 Å². The minimum absolute atomic E-state index is 0.0171. The van der Waals surface area contributed by atoms with Crippen molar-refractivity contribution in [3.05, 3.63) is 16.3 Å². The Morgan fingerprint density at radius 3 is 2.58 bits per heavy atom. The molecule has 0 unspecified atom stereocenters. The Bertz CT molecular complexity index is 395. The van der Waals surface area contributed by atoms with Gasteiger partial charge < -0.3 is 19.3 Å². The van der Waals surface area contributed by atoms with Crippen molar-refractivity contribution in [2.45, 2.75) is 6.54 Å². The van der Waals surface area contributed by atoms with Crippen LogP contribution in [-0.2, 0) is 16.0 Å². The average molecular weight is 275 g/mol. The predicted molar refractivity (Wildman–Crippen MR) is 64.2 cm³/mol. The normalized spacial score (nSPS) is 10.6. The first-order valence-corrected chi connectivity index (χ1v) is 5.71. The number of aromatic nitrogens is 2. The van der Waals surface area contributed by atoms with Crippen LogP contribution in [0.15, 0.2) is 6.20 Å². The molecule has 9 heteroatoms. The highest BCUT2D eigenvalue weighted by atomic mass is 16.6. The van der Waals surface area contributed by atoms with Crippen LogP contribution in [0, 0.1) is 10.1 Å². The second-order valence-corrected chi connectivity index (χ2v) is 3.49. The number of methoxy groups -OCH3 is 1. The molecule has 0 fully saturated rings. The van der Waals surface area contributed by atoms with Gasteiger partial charge in [0.05, 0.1) is 51.6 Å². The highest BCUT2D eigenvalue weighted by Gasteiger charge is 2.19. The molecular formula is C10H17N3O6. The Hall–Kier alpha value is -1.71. The summed E-state index contributed by atoms with van der Waals surface area (Å²) >= 11 is 0. The van der Waals surface area contributed by atoms with E-state index in [1.807, 2.05) is 0 Å².